The van der Waals surface area contributed by atoms with E-state index >= 15 is 0 Å². The maximum absolute atomic E-state index is 13.3. The zero-order valence-corrected chi connectivity index (χ0v) is 19.1. The Balaban J connectivity index is 1.47. The average molecular weight is 462 g/mol. The van der Waals surface area contributed by atoms with Crippen molar-refractivity contribution in [3.8, 4) is 0 Å². The highest BCUT2D eigenvalue weighted by Gasteiger charge is 2.21. The molecule has 168 valence electrons. The molecule has 1 aliphatic rings. The number of hydrogen-bond donors (Lipinski definition) is 1. The number of aryl methyl sites for hydroxylation is 3. The number of amides is 1. The number of halogens is 1. The Morgan fingerprint density at radius 1 is 1.12 bits per heavy atom. The summed E-state index contributed by atoms with van der Waals surface area (Å²) in [5.41, 5.74) is 3.82. The largest absolute Gasteiger partial charge is 0.321 e. The van der Waals surface area contributed by atoms with Gasteiger partial charge < -0.3 is 14.5 Å². The Kier molecular flexibility index (Phi) is 5.72. The number of nitrogens with one attached hydrogen (secondary N) is 1. The molecule has 1 amide bonds. The molecular formula is C25H24ClN5O2. The number of carbonyl (C=O) groups excluding carboxylic acids is 1. The van der Waals surface area contributed by atoms with E-state index in [4.69, 9.17) is 16.6 Å². The summed E-state index contributed by atoms with van der Waals surface area (Å²) in [5.74, 6) is 0.713. The third-order valence-corrected chi connectivity index (χ3v) is 6.35. The predicted octanol–water partition coefficient (Wildman–Crippen LogP) is 4.58. The first-order valence-electron chi connectivity index (χ1n) is 11.1. The lowest BCUT2D eigenvalue weighted by atomic mass is 10.2. The molecule has 0 bridgehead atoms. The average Bonchev–Trinajstić information content (AvgIpc) is 2.97. The first kappa shape index (κ1) is 21.4. The van der Waals surface area contributed by atoms with Gasteiger partial charge in [0.2, 0.25) is 0 Å². The molecule has 5 rings (SSSR count). The topological polar surface area (TPSA) is 81.8 Å². The molecule has 0 saturated heterocycles. The molecule has 0 fully saturated rings. The van der Waals surface area contributed by atoms with Crippen LogP contribution in [-0.4, -0.2) is 25.0 Å². The van der Waals surface area contributed by atoms with Crippen molar-refractivity contribution < 1.29 is 4.79 Å². The van der Waals surface area contributed by atoms with Crippen molar-refractivity contribution in [3.05, 3.63) is 86.7 Å². The van der Waals surface area contributed by atoms with Gasteiger partial charge in [0.05, 0.1) is 17.8 Å². The molecule has 1 aliphatic heterocycles. The van der Waals surface area contributed by atoms with Gasteiger partial charge in [-0.25, -0.2) is 9.97 Å². The molecule has 0 unspecified atom stereocenters. The van der Waals surface area contributed by atoms with Crippen LogP contribution >= 0.6 is 11.6 Å². The number of benzene rings is 1. The zero-order valence-electron chi connectivity index (χ0n) is 18.3. The SMILES string of the molecule is Cc1cc(C(=O)Nc2ccc(=O)n(Cc3ccccc3Cl)c2)c2nc3n(c2n1)CCCCC3. The summed E-state index contributed by atoms with van der Waals surface area (Å²) < 4.78 is 3.68. The molecule has 0 spiro atoms. The van der Waals surface area contributed by atoms with E-state index in [9.17, 15) is 9.59 Å². The van der Waals surface area contributed by atoms with Gasteiger partial charge in [0.25, 0.3) is 11.5 Å². The number of rotatable bonds is 4. The third kappa shape index (κ3) is 4.28. The van der Waals surface area contributed by atoms with Gasteiger partial charge in [-0.15, -0.1) is 0 Å². The van der Waals surface area contributed by atoms with E-state index in [1.165, 1.54) is 17.1 Å². The van der Waals surface area contributed by atoms with Crippen LogP contribution < -0.4 is 10.9 Å². The minimum absolute atomic E-state index is 0.173. The van der Waals surface area contributed by atoms with E-state index < -0.39 is 0 Å². The Labute approximate surface area is 196 Å². The second kappa shape index (κ2) is 8.83. The first-order chi connectivity index (χ1) is 16.0. The van der Waals surface area contributed by atoms with Crippen LogP contribution in [0.15, 0.2) is 53.5 Å². The second-order valence-electron chi connectivity index (χ2n) is 8.40. The fourth-order valence-corrected chi connectivity index (χ4v) is 4.52. The Morgan fingerprint density at radius 2 is 1.97 bits per heavy atom. The maximum Gasteiger partial charge on any atom is 0.258 e. The number of fused-ring (bicyclic) bond motifs is 3. The predicted molar refractivity (Wildman–Crippen MR) is 129 cm³/mol. The molecule has 0 radical (unpaired) electrons. The van der Waals surface area contributed by atoms with Crippen LogP contribution in [0.4, 0.5) is 5.69 Å². The van der Waals surface area contributed by atoms with Gasteiger partial charge >= 0.3 is 0 Å². The summed E-state index contributed by atoms with van der Waals surface area (Å²) in [6, 6.07) is 12.2. The zero-order chi connectivity index (χ0) is 22.9. The van der Waals surface area contributed by atoms with E-state index in [-0.39, 0.29) is 11.5 Å². The lowest BCUT2D eigenvalue weighted by molar-refractivity contribution is 0.102. The molecule has 1 aromatic carbocycles. The van der Waals surface area contributed by atoms with Crippen LogP contribution in [0.5, 0.6) is 0 Å². The number of hydrogen-bond acceptors (Lipinski definition) is 4. The van der Waals surface area contributed by atoms with E-state index in [0.717, 1.165) is 48.5 Å². The molecule has 7 nitrogen and oxygen atoms in total. The highest BCUT2D eigenvalue weighted by molar-refractivity contribution is 6.31. The van der Waals surface area contributed by atoms with Crippen LogP contribution in [0.1, 0.15) is 46.7 Å². The van der Waals surface area contributed by atoms with Gasteiger partial charge in [-0.2, -0.15) is 0 Å². The van der Waals surface area contributed by atoms with Crippen LogP contribution in [0.25, 0.3) is 11.2 Å². The molecule has 0 saturated carbocycles. The van der Waals surface area contributed by atoms with Gasteiger partial charge in [0.15, 0.2) is 5.65 Å². The monoisotopic (exact) mass is 461 g/mol. The Bertz CT molecular complexity index is 1420. The lowest BCUT2D eigenvalue weighted by Gasteiger charge is -2.11. The molecule has 4 aromatic rings. The quantitative estimate of drug-likeness (QED) is 0.482. The van der Waals surface area contributed by atoms with Crippen molar-refractivity contribution in [2.75, 3.05) is 5.32 Å². The molecule has 0 atom stereocenters. The maximum atomic E-state index is 13.3. The van der Waals surface area contributed by atoms with E-state index in [0.29, 0.717) is 28.3 Å². The minimum atomic E-state index is -0.276. The fourth-order valence-electron chi connectivity index (χ4n) is 4.33. The summed E-state index contributed by atoms with van der Waals surface area (Å²) >= 11 is 6.25. The van der Waals surface area contributed by atoms with Crippen LogP contribution in [-0.2, 0) is 19.5 Å². The molecule has 33 heavy (non-hydrogen) atoms. The molecule has 3 aromatic heterocycles. The lowest BCUT2D eigenvalue weighted by Crippen LogP contribution is -2.21. The normalized spacial score (nSPS) is 13.5. The molecule has 4 heterocycles. The van der Waals surface area contributed by atoms with E-state index in [1.807, 2.05) is 25.1 Å². The third-order valence-electron chi connectivity index (χ3n) is 5.98. The molecular weight excluding hydrogens is 438 g/mol. The standard InChI is InChI=1S/C25H24ClN5O2/c1-16-13-19(23-24(27-16)31-12-6-2-3-9-21(31)29-23)25(33)28-18-10-11-22(32)30(15-18)14-17-7-4-5-8-20(17)26/h4-5,7-8,10-11,13,15H,2-3,6,9,12,14H2,1H3,(H,28,33). The summed E-state index contributed by atoms with van der Waals surface area (Å²) in [7, 11) is 0. The number of anilines is 1. The number of carbonyl (C=O) groups is 1. The smallest absolute Gasteiger partial charge is 0.258 e. The van der Waals surface area contributed by atoms with Crippen molar-refractivity contribution in [3.63, 3.8) is 0 Å². The Hall–Kier alpha value is -3.45. The minimum Gasteiger partial charge on any atom is -0.321 e. The molecule has 8 heteroatoms. The van der Waals surface area contributed by atoms with Crippen LogP contribution in [0.2, 0.25) is 5.02 Å². The summed E-state index contributed by atoms with van der Waals surface area (Å²) in [6.45, 7) is 3.07. The van der Waals surface area contributed by atoms with Crippen LogP contribution in [0, 0.1) is 6.92 Å². The van der Waals surface area contributed by atoms with Gasteiger partial charge in [0.1, 0.15) is 11.3 Å². The van der Waals surface area contributed by atoms with Gasteiger partial charge in [-0.3, -0.25) is 9.59 Å². The number of aromatic nitrogens is 4. The van der Waals surface area contributed by atoms with Crippen LogP contribution in [0.3, 0.4) is 0 Å². The van der Waals surface area contributed by atoms with E-state index in [2.05, 4.69) is 14.9 Å². The fraction of sp³-hybridized carbons (Fsp3) is 0.280. The van der Waals surface area contributed by atoms with E-state index in [1.54, 1.807) is 24.4 Å². The number of nitrogens with zero attached hydrogens (tertiary/aromatic N) is 4. The summed E-state index contributed by atoms with van der Waals surface area (Å²) in [5, 5.41) is 3.52. The highest BCUT2D eigenvalue weighted by atomic mass is 35.5. The Morgan fingerprint density at radius 3 is 2.82 bits per heavy atom. The molecule has 0 aliphatic carbocycles. The number of imidazole rings is 1. The molecule has 1 N–H and O–H groups in total. The highest BCUT2D eigenvalue weighted by Crippen LogP contribution is 2.25. The van der Waals surface area contributed by atoms with Gasteiger partial charge in [-0.1, -0.05) is 36.2 Å². The van der Waals surface area contributed by atoms with Gasteiger partial charge in [-0.05, 0) is 43.5 Å². The first-order valence-corrected chi connectivity index (χ1v) is 11.5. The number of pyridine rings is 2. The summed E-state index contributed by atoms with van der Waals surface area (Å²) in [6.07, 6.45) is 5.88. The van der Waals surface area contributed by atoms with Crippen molar-refractivity contribution in [2.45, 2.75) is 45.7 Å². The second-order valence-corrected chi connectivity index (χ2v) is 8.81. The van der Waals surface area contributed by atoms with Crippen molar-refractivity contribution in [2.24, 2.45) is 0 Å². The van der Waals surface area contributed by atoms with Crippen molar-refractivity contribution >= 4 is 34.4 Å². The van der Waals surface area contributed by atoms with Gasteiger partial charge in [0, 0.05) is 35.9 Å². The van der Waals surface area contributed by atoms with Crippen molar-refractivity contribution in [1.29, 1.82) is 0 Å². The van der Waals surface area contributed by atoms with Crippen molar-refractivity contribution in [1.82, 2.24) is 19.1 Å². The summed E-state index contributed by atoms with van der Waals surface area (Å²) in [4.78, 5) is 35.1.